The van der Waals surface area contributed by atoms with E-state index >= 15 is 0 Å². The Morgan fingerprint density at radius 2 is 1.50 bits per heavy atom. The van der Waals surface area contributed by atoms with Gasteiger partial charge >= 0.3 is 0 Å². The monoisotopic (exact) mass is 309 g/mol. The summed E-state index contributed by atoms with van der Waals surface area (Å²) in [6.07, 6.45) is -7.55. The number of aliphatic hydroxyl groups is 4. The number of carbonyl (C=O) groups excluding carboxylic acids is 2. The number of amides is 2. The molecular weight excluding hydrogens is 294 g/mol. The van der Waals surface area contributed by atoms with Gasteiger partial charge in [-0.3, -0.25) is 9.59 Å². The molecule has 8 nitrogen and oxygen atoms in total. The number of fused-ring (bicyclic) bond motifs is 1. The van der Waals surface area contributed by atoms with Gasteiger partial charge in [0.2, 0.25) is 0 Å². The third-order valence-corrected chi connectivity index (χ3v) is 3.95. The van der Waals surface area contributed by atoms with Crippen molar-refractivity contribution in [3.63, 3.8) is 0 Å². The first-order valence-corrected chi connectivity index (χ1v) is 6.74. The summed E-state index contributed by atoms with van der Waals surface area (Å²) in [6.45, 7) is -0.634. The van der Waals surface area contributed by atoms with E-state index in [1.807, 2.05) is 0 Å². The molecule has 1 aromatic carbocycles. The minimum atomic E-state index is -1.68. The van der Waals surface area contributed by atoms with Gasteiger partial charge in [0.05, 0.1) is 17.7 Å². The molecule has 4 N–H and O–H groups in total. The molecule has 0 bridgehead atoms. The van der Waals surface area contributed by atoms with Crippen LogP contribution in [0.25, 0.3) is 0 Å². The maximum Gasteiger partial charge on any atom is 0.263 e. The van der Waals surface area contributed by atoms with Crippen molar-refractivity contribution in [2.75, 3.05) is 6.61 Å². The van der Waals surface area contributed by atoms with Crippen molar-refractivity contribution in [2.45, 2.75) is 30.6 Å². The summed E-state index contributed by atoms with van der Waals surface area (Å²) in [7, 11) is 0. The third kappa shape index (κ3) is 2.04. The van der Waals surface area contributed by atoms with Crippen molar-refractivity contribution < 1.29 is 34.8 Å². The number of nitrogens with zero attached hydrogens (tertiary/aromatic N) is 1. The number of rotatable bonds is 2. The summed E-state index contributed by atoms with van der Waals surface area (Å²) in [4.78, 5) is 25.4. The zero-order chi connectivity index (χ0) is 16.0. The van der Waals surface area contributed by atoms with Gasteiger partial charge in [-0.25, -0.2) is 4.90 Å². The molecule has 0 unspecified atom stereocenters. The Morgan fingerprint density at radius 3 is 2.00 bits per heavy atom. The first kappa shape index (κ1) is 15.1. The normalized spacial score (nSPS) is 34.9. The quantitative estimate of drug-likeness (QED) is 0.469. The molecule has 1 fully saturated rings. The summed E-state index contributed by atoms with van der Waals surface area (Å²) in [5.41, 5.74) is 0.342. The zero-order valence-corrected chi connectivity index (χ0v) is 11.4. The fourth-order valence-corrected chi connectivity index (χ4v) is 2.73. The Labute approximate surface area is 125 Å². The van der Waals surface area contributed by atoms with E-state index in [1.165, 1.54) is 12.1 Å². The molecule has 0 aliphatic carbocycles. The molecule has 2 amide bonds. The predicted molar refractivity (Wildman–Crippen MR) is 70.7 cm³/mol. The van der Waals surface area contributed by atoms with Crippen molar-refractivity contribution in [1.82, 2.24) is 4.90 Å². The van der Waals surface area contributed by atoms with E-state index in [0.717, 1.165) is 0 Å². The van der Waals surface area contributed by atoms with Crippen LogP contribution in [0.15, 0.2) is 24.3 Å². The van der Waals surface area contributed by atoms with E-state index in [9.17, 15) is 24.9 Å². The lowest BCUT2D eigenvalue weighted by Gasteiger charge is -2.42. The van der Waals surface area contributed by atoms with E-state index in [2.05, 4.69) is 0 Å². The van der Waals surface area contributed by atoms with Crippen LogP contribution in [0, 0.1) is 0 Å². The lowest BCUT2D eigenvalue weighted by atomic mass is 9.98. The molecule has 2 aliphatic rings. The summed E-state index contributed by atoms with van der Waals surface area (Å²) in [5.74, 6) is -1.32. The maximum absolute atomic E-state index is 12.3. The maximum atomic E-state index is 12.3. The molecule has 8 heteroatoms. The average molecular weight is 309 g/mol. The second kappa shape index (κ2) is 5.41. The number of carbonyl (C=O) groups is 2. The topological polar surface area (TPSA) is 128 Å². The lowest BCUT2D eigenvalue weighted by molar-refractivity contribution is -0.250. The first-order chi connectivity index (χ1) is 10.5. The summed E-state index contributed by atoms with van der Waals surface area (Å²) in [6, 6.07) is 6.14. The minimum Gasteiger partial charge on any atom is -0.394 e. The molecule has 22 heavy (non-hydrogen) atoms. The zero-order valence-electron chi connectivity index (χ0n) is 11.4. The molecule has 0 aromatic heterocycles. The Kier molecular flexibility index (Phi) is 3.71. The third-order valence-electron chi connectivity index (χ3n) is 3.95. The number of aliphatic hydroxyl groups excluding tert-OH is 4. The van der Waals surface area contributed by atoms with Gasteiger partial charge in [-0.15, -0.1) is 0 Å². The highest BCUT2D eigenvalue weighted by atomic mass is 16.6. The van der Waals surface area contributed by atoms with E-state index < -0.39 is 49.1 Å². The second-order valence-corrected chi connectivity index (χ2v) is 5.25. The van der Waals surface area contributed by atoms with Crippen molar-refractivity contribution >= 4 is 11.8 Å². The van der Waals surface area contributed by atoms with Gasteiger partial charge in [-0.05, 0) is 12.1 Å². The van der Waals surface area contributed by atoms with Crippen molar-refractivity contribution in [3.05, 3.63) is 35.4 Å². The molecule has 1 saturated heterocycles. The van der Waals surface area contributed by atoms with Crippen molar-refractivity contribution in [3.8, 4) is 0 Å². The van der Waals surface area contributed by atoms with Gasteiger partial charge < -0.3 is 25.2 Å². The lowest BCUT2D eigenvalue weighted by Crippen LogP contribution is -2.64. The first-order valence-electron chi connectivity index (χ1n) is 6.74. The van der Waals surface area contributed by atoms with Crippen LogP contribution in [-0.4, -0.2) is 74.4 Å². The highest BCUT2D eigenvalue weighted by molar-refractivity contribution is 6.21. The second-order valence-electron chi connectivity index (χ2n) is 5.25. The van der Waals surface area contributed by atoms with Gasteiger partial charge in [0.1, 0.15) is 24.4 Å². The fourth-order valence-electron chi connectivity index (χ4n) is 2.73. The predicted octanol–water partition coefficient (Wildman–Crippen LogP) is -1.92. The van der Waals surface area contributed by atoms with E-state index in [-0.39, 0.29) is 11.1 Å². The Hall–Kier alpha value is -1.84. The van der Waals surface area contributed by atoms with Gasteiger partial charge in [0, 0.05) is 0 Å². The summed E-state index contributed by atoms with van der Waals surface area (Å²) >= 11 is 0. The molecule has 118 valence electrons. The molecule has 3 rings (SSSR count). The largest absolute Gasteiger partial charge is 0.394 e. The van der Waals surface area contributed by atoms with Crippen LogP contribution in [0.5, 0.6) is 0 Å². The Bertz CT molecular complexity index is 582. The number of hydrogen-bond donors (Lipinski definition) is 4. The van der Waals surface area contributed by atoms with Crippen LogP contribution in [0.1, 0.15) is 20.7 Å². The smallest absolute Gasteiger partial charge is 0.263 e. The van der Waals surface area contributed by atoms with Crippen LogP contribution in [-0.2, 0) is 4.74 Å². The molecule has 0 saturated carbocycles. The summed E-state index contributed by atoms with van der Waals surface area (Å²) in [5, 5.41) is 38.7. The molecular formula is C14H15NO7. The number of hydrogen-bond acceptors (Lipinski definition) is 7. The molecule has 0 radical (unpaired) electrons. The van der Waals surface area contributed by atoms with E-state index in [0.29, 0.717) is 4.90 Å². The van der Waals surface area contributed by atoms with Gasteiger partial charge in [0.15, 0.2) is 6.23 Å². The molecule has 2 heterocycles. The van der Waals surface area contributed by atoms with Crippen molar-refractivity contribution in [2.24, 2.45) is 0 Å². The molecule has 2 aliphatic heterocycles. The molecule has 0 spiro atoms. The van der Waals surface area contributed by atoms with Crippen LogP contribution in [0.2, 0.25) is 0 Å². The van der Waals surface area contributed by atoms with Gasteiger partial charge in [-0.1, -0.05) is 12.1 Å². The number of benzene rings is 1. The van der Waals surface area contributed by atoms with Gasteiger partial charge in [0.25, 0.3) is 11.8 Å². The van der Waals surface area contributed by atoms with E-state index in [4.69, 9.17) is 9.84 Å². The highest BCUT2D eigenvalue weighted by Gasteiger charge is 2.51. The minimum absolute atomic E-state index is 0.171. The fraction of sp³-hybridized carbons (Fsp3) is 0.429. The molecule has 5 atom stereocenters. The number of ether oxygens (including phenoxy) is 1. The molecule has 1 aromatic rings. The van der Waals surface area contributed by atoms with E-state index in [1.54, 1.807) is 12.1 Å². The van der Waals surface area contributed by atoms with Crippen molar-refractivity contribution in [1.29, 1.82) is 0 Å². The van der Waals surface area contributed by atoms with Crippen LogP contribution >= 0.6 is 0 Å². The average Bonchev–Trinajstić information content (AvgIpc) is 2.78. The Balaban J connectivity index is 1.94. The van der Waals surface area contributed by atoms with Crippen LogP contribution in [0.4, 0.5) is 0 Å². The Morgan fingerprint density at radius 1 is 0.955 bits per heavy atom. The number of imide groups is 1. The van der Waals surface area contributed by atoms with Crippen LogP contribution in [0.3, 0.4) is 0 Å². The summed E-state index contributed by atoms with van der Waals surface area (Å²) < 4.78 is 5.26. The SMILES string of the molecule is O=C1c2ccccc2C(=O)N1[C@H]1O[C@H](CO)[C@@H](O)[C@H](O)[C@H]1O. The standard InChI is InChI=1S/C14H15NO7/c16-5-8-9(17)10(18)11(19)14(22-8)15-12(20)6-3-1-2-4-7(6)13(15)21/h1-4,8-11,14,16-19H,5H2/t8-,9-,10+,11-,14+/m1/s1. The van der Waals surface area contributed by atoms with Gasteiger partial charge in [-0.2, -0.15) is 0 Å². The highest BCUT2D eigenvalue weighted by Crippen LogP contribution is 2.30. The van der Waals surface area contributed by atoms with Crippen LogP contribution < -0.4 is 0 Å².